The molecule has 0 fully saturated rings. The van der Waals surface area contributed by atoms with E-state index in [0.717, 1.165) is 10.2 Å². The van der Waals surface area contributed by atoms with Gasteiger partial charge in [0.25, 0.3) is 0 Å². The van der Waals surface area contributed by atoms with E-state index >= 15 is 0 Å². The molecule has 0 atom stereocenters. The van der Waals surface area contributed by atoms with Crippen LogP contribution in [0.25, 0.3) is 26.9 Å². The number of rotatable bonds is 4. The van der Waals surface area contributed by atoms with Crippen molar-refractivity contribution in [3.63, 3.8) is 0 Å². The predicted octanol–water partition coefficient (Wildman–Crippen LogP) is 5.47. The quantitative estimate of drug-likeness (QED) is 0.394. The summed E-state index contributed by atoms with van der Waals surface area (Å²) >= 11 is 1.43. The molecule has 2 aromatic heterocycles. The van der Waals surface area contributed by atoms with E-state index in [-0.39, 0.29) is 22.3 Å². The van der Waals surface area contributed by atoms with Crippen LogP contribution in [0, 0.1) is 0 Å². The van der Waals surface area contributed by atoms with Gasteiger partial charge in [-0.15, -0.1) is 0 Å². The summed E-state index contributed by atoms with van der Waals surface area (Å²) in [5.74, 6) is 0.276. The molecule has 0 unspecified atom stereocenters. The van der Waals surface area contributed by atoms with Crippen LogP contribution in [0.2, 0.25) is 0 Å². The van der Waals surface area contributed by atoms with E-state index in [1.807, 2.05) is 24.3 Å². The number of aromatic nitrogens is 3. The minimum atomic E-state index is -3.70. The Morgan fingerprint density at radius 3 is 2.42 bits per heavy atom. The van der Waals surface area contributed by atoms with Crippen molar-refractivity contribution < 1.29 is 13.5 Å². The van der Waals surface area contributed by atoms with Gasteiger partial charge >= 0.3 is 0 Å². The first-order chi connectivity index (χ1) is 14.6. The van der Waals surface area contributed by atoms with Gasteiger partial charge in [0.15, 0.2) is 26.6 Å². The lowest BCUT2D eigenvalue weighted by atomic mass is 10.2. The second-order valence-corrected chi connectivity index (χ2v) is 11.6. The zero-order valence-corrected chi connectivity index (χ0v) is 19.2. The number of nitrogens with one attached hydrogen (secondary N) is 1. The average molecular weight is 455 g/mol. The number of anilines is 2. The van der Waals surface area contributed by atoms with E-state index in [4.69, 9.17) is 0 Å². The number of aliphatic hydroxyl groups is 1. The average Bonchev–Trinajstić information content (AvgIpc) is 3.14. The fraction of sp³-hybridized carbons (Fsp3) is 0.227. The number of hydrogen-bond acceptors (Lipinski definition) is 8. The SMILES string of the molecule is C/C=C(/O)c1nc(Nc2nc3ccccc3s2)c2c(S(=O)(=O)C(C)(C)C)cccc2n1. The smallest absolute Gasteiger partial charge is 0.196 e. The first kappa shape index (κ1) is 21.2. The van der Waals surface area contributed by atoms with Crippen LogP contribution in [-0.4, -0.2) is 33.2 Å². The van der Waals surface area contributed by atoms with Crippen molar-refractivity contribution in [3.05, 3.63) is 54.4 Å². The number of aliphatic hydroxyl groups excluding tert-OH is 1. The van der Waals surface area contributed by atoms with Crippen LogP contribution in [0.15, 0.2) is 53.4 Å². The molecular formula is C22H22N4O3S2. The van der Waals surface area contributed by atoms with Crippen molar-refractivity contribution >= 4 is 59.0 Å². The summed E-state index contributed by atoms with van der Waals surface area (Å²) < 4.78 is 26.6. The lowest BCUT2D eigenvalue weighted by Crippen LogP contribution is -2.28. The van der Waals surface area contributed by atoms with Crippen molar-refractivity contribution in [1.82, 2.24) is 15.0 Å². The summed E-state index contributed by atoms with van der Waals surface area (Å²) in [4.78, 5) is 13.6. The molecule has 2 heterocycles. The summed E-state index contributed by atoms with van der Waals surface area (Å²) in [5.41, 5.74) is 1.24. The highest BCUT2D eigenvalue weighted by molar-refractivity contribution is 7.93. The molecule has 0 spiro atoms. The van der Waals surface area contributed by atoms with Gasteiger partial charge < -0.3 is 10.4 Å². The Balaban J connectivity index is 2.00. The van der Waals surface area contributed by atoms with E-state index in [1.165, 1.54) is 17.4 Å². The topological polar surface area (TPSA) is 105 Å². The maximum Gasteiger partial charge on any atom is 0.196 e. The fourth-order valence-corrected chi connectivity index (χ4v) is 5.32. The van der Waals surface area contributed by atoms with Gasteiger partial charge in [-0.05, 0) is 58.0 Å². The largest absolute Gasteiger partial charge is 0.504 e. The van der Waals surface area contributed by atoms with Crippen LogP contribution >= 0.6 is 11.3 Å². The molecule has 4 aromatic rings. The number of nitrogens with zero attached hydrogens (tertiary/aromatic N) is 3. The molecule has 0 aliphatic rings. The van der Waals surface area contributed by atoms with E-state index < -0.39 is 14.6 Å². The van der Waals surface area contributed by atoms with Crippen LogP contribution in [0.1, 0.15) is 33.5 Å². The van der Waals surface area contributed by atoms with Gasteiger partial charge in [0, 0.05) is 0 Å². The Bertz CT molecular complexity index is 1400. The highest BCUT2D eigenvalue weighted by Crippen LogP contribution is 2.36. The van der Waals surface area contributed by atoms with Crippen LogP contribution in [0.3, 0.4) is 0 Å². The third kappa shape index (κ3) is 3.75. The Morgan fingerprint density at radius 1 is 1.03 bits per heavy atom. The number of fused-ring (bicyclic) bond motifs is 2. The summed E-state index contributed by atoms with van der Waals surface area (Å²) in [5, 5.41) is 14.3. The summed E-state index contributed by atoms with van der Waals surface area (Å²) in [7, 11) is -3.70. The first-order valence-electron chi connectivity index (χ1n) is 9.65. The van der Waals surface area contributed by atoms with Gasteiger partial charge in [-0.1, -0.05) is 29.5 Å². The monoisotopic (exact) mass is 454 g/mol. The van der Waals surface area contributed by atoms with Gasteiger partial charge in [0.05, 0.1) is 30.8 Å². The van der Waals surface area contributed by atoms with Crippen molar-refractivity contribution in [1.29, 1.82) is 0 Å². The van der Waals surface area contributed by atoms with Crippen LogP contribution in [0.4, 0.5) is 10.9 Å². The van der Waals surface area contributed by atoms with Crippen LogP contribution in [0.5, 0.6) is 0 Å². The van der Waals surface area contributed by atoms with E-state index in [2.05, 4.69) is 20.3 Å². The molecule has 2 aromatic carbocycles. The molecule has 0 saturated heterocycles. The molecule has 4 rings (SSSR count). The molecular weight excluding hydrogens is 432 g/mol. The molecule has 0 saturated carbocycles. The minimum Gasteiger partial charge on any atom is -0.504 e. The highest BCUT2D eigenvalue weighted by atomic mass is 32.2. The molecule has 0 aliphatic heterocycles. The molecule has 7 nitrogen and oxygen atoms in total. The molecule has 9 heteroatoms. The van der Waals surface area contributed by atoms with E-state index in [1.54, 1.807) is 45.9 Å². The fourth-order valence-electron chi connectivity index (χ4n) is 3.07. The number of allylic oxidation sites excluding steroid dienone is 1. The second-order valence-electron chi connectivity index (χ2n) is 7.95. The first-order valence-corrected chi connectivity index (χ1v) is 12.0. The Morgan fingerprint density at radius 2 is 1.74 bits per heavy atom. The second kappa shape index (κ2) is 7.58. The van der Waals surface area contributed by atoms with Gasteiger partial charge in [-0.2, -0.15) is 0 Å². The number of sulfone groups is 1. The molecule has 31 heavy (non-hydrogen) atoms. The summed E-state index contributed by atoms with van der Waals surface area (Å²) in [6.45, 7) is 6.64. The lowest BCUT2D eigenvalue weighted by molar-refractivity contribution is 0.504. The maximum atomic E-state index is 13.3. The molecule has 160 valence electrons. The standard InChI is InChI=1S/C22H22N4O3S2/c1-5-15(27)19-23-14-10-8-12-17(31(28,29)22(2,3)4)18(14)20(25-19)26-21-24-13-9-6-7-11-16(13)30-21/h5-12,27H,1-4H3,(H,23,24,25,26)/b15-5+. The molecule has 0 radical (unpaired) electrons. The van der Waals surface area contributed by atoms with Gasteiger partial charge in [0.2, 0.25) is 0 Å². The summed E-state index contributed by atoms with van der Waals surface area (Å²) in [6.07, 6.45) is 1.48. The highest BCUT2D eigenvalue weighted by Gasteiger charge is 2.33. The number of benzene rings is 2. The van der Waals surface area contributed by atoms with Crippen LogP contribution in [-0.2, 0) is 9.84 Å². The van der Waals surface area contributed by atoms with Gasteiger partial charge in [-0.25, -0.2) is 23.4 Å². The lowest BCUT2D eigenvalue weighted by Gasteiger charge is -2.21. The van der Waals surface area contributed by atoms with Crippen molar-refractivity contribution in [2.24, 2.45) is 0 Å². The number of para-hydroxylation sites is 1. The predicted molar refractivity (Wildman–Crippen MR) is 126 cm³/mol. The molecule has 2 N–H and O–H groups in total. The Kier molecular flexibility index (Phi) is 5.18. The van der Waals surface area contributed by atoms with Gasteiger partial charge in [0.1, 0.15) is 5.82 Å². The third-order valence-corrected chi connectivity index (χ3v) is 8.29. The van der Waals surface area contributed by atoms with E-state index in [0.29, 0.717) is 16.0 Å². The van der Waals surface area contributed by atoms with E-state index in [9.17, 15) is 13.5 Å². The Labute approximate surface area is 184 Å². The number of hydrogen-bond donors (Lipinski definition) is 2. The van der Waals surface area contributed by atoms with Gasteiger partial charge in [-0.3, -0.25) is 0 Å². The van der Waals surface area contributed by atoms with Crippen molar-refractivity contribution in [2.75, 3.05) is 5.32 Å². The zero-order chi connectivity index (χ0) is 22.4. The third-order valence-electron chi connectivity index (χ3n) is 4.80. The summed E-state index contributed by atoms with van der Waals surface area (Å²) in [6, 6.07) is 12.6. The van der Waals surface area contributed by atoms with Crippen molar-refractivity contribution in [2.45, 2.75) is 37.3 Å². The molecule has 0 aliphatic carbocycles. The van der Waals surface area contributed by atoms with Crippen LogP contribution < -0.4 is 5.32 Å². The number of thiazole rings is 1. The van der Waals surface area contributed by atoms with Crippen molar-refractivity contribution in [3.8, 4) is 0 Å². The zero-order valence-electron chi connectivity index (χ0n) is 17.5. The minimum absolute atomic E-state index is 0.0988. The normalized spacial score (nSPS) is 13.1. The molecule has 0 amide bonds. The Hall–Kier alpha value is -3.04. The molecule has 0 bridgehead atoms. The maximum absolute atomic E-state index is 13.3.